The van der Waals surface area contributed by atoms with E-state index >= 15 is 0 Å². The first kappa shape index (κ1) is 14.8. The van der Waals surface area contributed by atoms with Crippen molar-refractivity contribution in [1.82, 2.24) is 0 Å². The van der Waals surface area contributed by atoms with Gasteiger partial charge in [-0.05, 0) is 24.2 Å². The van der Waals surface area contributed by atoms with Gasteiger partial charge in [0, 0.05) is 0 Å². The maximum atomic E-state index is 10.2. The molecule has 1 unspecified atom stereocenters. The lowest BCUT2D eigenvalue weighted by Crippen LogP contribution is -2.21. The number of hydrogen-bond donors (Lipinski definition) is 0. The third-order valence-corrected chi connectivity index (χ3v) is 2.74. The predicted octanol–water partition coefficient (Wildman–Crippen LogP) is 2.84. The fourth-order valence-electron chi connectivity index (χ4n) is 1.91. The molecule has 0 aromatic rings. The highest BCUT2D eigenvalue weighted by atomic mass is 16.1. The van der Waals surface area contributed by atoms with Crippen LogP contribution in [0.4, 0.5) is 0 Å². The maximum absolute atomic E-state index is 10.2. The zero-order valence-electron chi connectivity index (χ0n) is 10.5. The average molecular weight is 224 g/mol. The van der Waals surface area contributed by atoms with Gasteiger partial charge >= 0.3 is 0 Å². The van der Waals surface area contributed by atoms with Crippen LogP contribution in [0.3, 0.4) is 0 Å². The zero-order valence-corrected chi connectivity index (χ0v) is 10.5. The van der Waals surface area contributed by atoms with Gasteiger partial charge in [0.25, 0.3) is 0 Å². The van der Waals surface area contributed by atoms with Crippen LogP contribution in [0, 0.1) is 11.3 Å². The summed E-state index contributed by atoms with van der Waals surface area (Å²) in [6, 6.07) is 0. The topological polar surface area (TPSA) is 58.9 Å². The minimum atomic E-state index is -0.631. The van der Waals surface area contributed by atoms with E-state index in [-0.39, 0.29) is 5.41 Å². The molecule has 0 radical (unpaired) electrons. The Morgan fingerprint density at radius 2 is 1.62 bits per heavy atom. The lowest BCUT2D eigenvalue weighted by Gasteiger charge is -2.28. The van der Waals surface area contributed by atoms with E-state index in [0.29, 0.717) is 12.3 Å². The summed E-state index contributed by atoms with van der Waals surface area (Å²) in [4.78, 5) is 27.3. The summed E-state index contributed by atoms with van der Waals surface area (Å²) in [7, 11) is 0. The van der Waals surface area contributed by atoms with Gasteiger partial charge in [-0.3, -0.25) is 0 Å². The van der Waals surface area contributed by atoms with Gasteiger partial charge in [0.1, 0.15) is 0 Å². The molecule has 0 heterocycles. The Morgan fingerprint density at radius 1 is 1.12 bits per heavy atom. The summed E-state index contributed by atoms with van der Waals surface area (Å²) >= 11 is 0. The molecule has 0 spiro atoms. The Kier molecular flexibility index (Phi) is 6.55. The number of carbonyl (C=O) groups excluding carboxylic acids is 2. The molecule has 0 aliphatic rings. The smallest absolute Gasteiger partial charge is 0.211 e. The lowest BCUT2D eigenvalue weighted by atomic mass is 9.79. The summed E-state index contributed by atoms with van der Waals surface area (Å²) in [5.41, 5.74) is 0.000787. The van der Waals surface area contributed by atoms with Crippen LogP contribution in [-0.2, 0) is 9.59 Å². The number of hydrogen-bond acceptors (Lipinski definition) is 4. The molecule has 0 aliphatic carbocycles. The molecule has 0 saturated heterocycles. The molecule has 0 amide bonds. The van der Waals surface area contributed by atoms with Crippen LogP contribution < -0.4 is 0 Å². The first-order valence-corrected chi connectivity index (χ1v) is 5.59. The largest absolute Gasteiger partial charge is 0.237 e. The Labute approximate surface area is 96.9 Å². The first-order valence-electron chi connectivity index (χ1n) is 5.59. The molecule has 4 heteroatoms. The van der Waals surface area contributed by atoms with Crippen LogP contribution in [0.25, 0.3) is 0 Å². The van der Waals surface area contributed by atoms with Gasteiger partial charge < -0.3 is 0 Å². The molecule has 0 saturated carbocycles. The van der Waals surface area contributed by atoms with Crippen LogP contribution in [0.1, 0.15) is 47.0 Å². The summed E-state index contributed by atoms with van der Waals surface area (Å²) in [6.07, 6.45) is 4.96. The average Bonchev–Trinajstić information content (AvgIpc) is 2.17. The van der Waals surface area contributed by atoms with Crippen LogP contribution in [0.2, 0.25) is 0 Å². The monoisotopic (exact) mass is 224 g/mol. The van der Waals surface area contributed by atoms with Crippen LogP contribution in [0.5, 0.6) is 0 Å². The summed E-state index contributed by atoms with van der Waals surface area (Å²) in [5, 5.41) is 0. The van der Waals surface area contributed by atoms with Gasteiger partial charge in [0.05, 0.1) is 0 Å². The molecule has 0 aromatic carbocycles. The van der Waals surface area contributed by atoms with Crippen molar-refractivity contribution in [3.8, 4) is 0 Å². The SMILES string of the molecule is CCC(C)CC(C)(C)CC(N=C=O)N=C=O. The molecule has 0 aliphatic heterocycles. The van der Waals surface area contributed by atoms with Gasteiger partial charge in [0.15, 0.2) is 6.17 Å². The number of nitrogens with zero attached hydrogens (tertiary/aromatic N) is 2. The van der Waals surface area contributed by atoms with Gasteiger partial charge in [-0.25, -0.2) is 9.59 Å². The highest BCUT2D eigenvalue weighted by Crippen LogP contribution is 2.32. The van der Waals surface area contributed by atoms with E-state index in [1.807, 2.05) is 0 Å². The molecule has 0 fully saturated rings. The Balaban J connectivity index is 4.51. The van der Waals surface area contributed by atoms with Crippen LogP contribution in [-0.4, -0.2) is 18.3 Å². The molecular formula is C12H20N2O2. The molecule has 90 valence electrons. The highest BCUT2D eigenvalue weighted by Gasteiger charge is 2.24. The van der Waals surface area contributed by atoms with Crippen molar-refractivity contribution in [1.29, 1.82) is 0 Å². The fourth-order valence-corrected chi connectivity index (χ4v) is 1.91. The minimum Gasteiger partial charge on any atom is -0.211 e. The summed E-state index contributed by atoms with van der Waals surface area (Å²) < 4.78 is 0. The van der Waals surface area contributed by atoms with E-state index in [2.05, 4.69) is 37.7 Å². The molecule has 1 atom stereocenters. The minimum absolute atomic E-state index is 0.000787. The Hall–Kier alpha value is -1.24. The third kappa shape index (κ3) is 6.28. The summed E-state index contributed by atoms with van der Waals surface area (Å²) in [5.74, 6) is 0.607. The van der Waals surface area contributed by atoms with Gasteiger partial charge in [-0.1, -0.05) is 34.1 Å². The van der Waals surface area contributed by atoms with Crippen molar-refractivity contribution in [3.05, 3.63) is 0 Å². The van der Waals surface area contributed by atoms with E-state index < -0.39 is 6.17 Å². The van der Waals surface area contributed by atoms with Crippen LogP contribution >= 0.6 is 0 Å². The van der Waals surface area contributed by atoms with Gasteiger partial charge in [-0.2, -0.15) is 9.98 Å². The van der Waals surface area contributed by atoms with Crippen molar-refractivity contribution < 1.29 is 9.59 Å². The predicted molar refractivity (Wildman–Crippen MR) is 62.5 cm³/mol. The standard InChI is InChI=1S/C12H20N2O2/c1-5-10(2)6-12(3,4)7-11(13-8-15)14-9-16/h10-11H,5-7H2,1-4H3. The van der Waals surface area contributed by atoms with Crippen LogP contribution in [0.15, 0.2) is 9.98 Å². The molecule has 0 N–H and O–H groups in total. The van der Waals surface area contributed by atoms with Crippen molar-refractivity contribution in [2.75, 3.05) is 0 Å². The molecule has 4 nitrogen and oxygen atoms in total. The van der Waals surface area contributed by atoms with Gasteiger partial charge in [0.2, 0.25) is 12.2 Å². The van der Waals surface area contributed by atoms with Crippen molar-refractivity contribution in [3.63, 3.8) is 0 Å². The molecule has 16 heavy (non-hydrogen) atoms. The van der Waals surface area contributed by atoms with E-state index in [1.54, 1.807) is 0 Å². The lowest BCUT2D eigenvalue weighted by molar-refractivity contribution is 0.237. The molecule has 0 rings (SSSR count). The zero-order chi connectivity index (χ0) is 12.6. The van der Waals surface area contributed by atoms with Gasteiger partial charge in [-0.15, -0.1) is 0 Å². The Bertz CT molecular complexity index is 282. The molecule has 0 bridgehead atoms. The van der Waals surface area contributed by atoms with E-state index in [1.165, 1.54) is 12.2 Å². The molecular weight excluding hydrogens is 204 g/mol. The quantitative estimate of drug-likeness (QED) is 0.493. The van der Waals surface area contributed by atoms with Crippen molar-refractivity contribution in [2.45, 2.75) is 53.1 Å². The van der Waals surface area contributed by atoms with E-state index in [4.69, 9.17) is 0 Å². The fraction of sp³-hybridized carbons (Fsp3) is 0.833. The third-order valence-electron chi connectivity index (χ3n) is 2.74. The normalized spacial score (nSPS) is 14.5. The second-order valence-corrected chi connectivity index (χ2v) is 5.01. The van der Waals surface area contributed by atoms with Crippen molar-refractivity contribution >= 4 is 12.2 Å². The second-order valence-electron chi connectivity index (χ2n) is 5.01. The number of rotatable bonds is 7. The first-order chi connectivity index (χ1) is 7.45. The second kappa shape index (κ2) is 7.10. The highest BCUT2D eigenvalue weighted by molar-refractivity contribution is 5.36. The van der Waals surface area contributed by atoms with Crippen molar-refractivity contribution in [2.24, 2.45) is 21.3 Å². The summed E-state index contributed by atoms with van der Waals surface area (Å²) in [6.45, 7) is 8.51. The van der Waals surface area contributed by atoms with E-state index in [9.17, 15) is 9.59 Å². The number of aliphatic imine (C=N–C) groups is 2. The maximum Gasteiger partial charge on any atom is 0.237 e. The number of isocyanates is 2. The molecule has 0 aromatic heterocycles. The Morgan fingerprint density at radius 3 is 2.00 bits per heavy atom. The van der Waals surface area contributed by atoms with E-state index in [0.717, 1.165) is 12.8 Å².